The lowest BCUT2D eigenvalue weighted by atomic mass is 9.96. The lowest BCUT2D eigenvalue weighted by Crippen LogP contribution is -2.60. The van der Waals surface area contributed by atoms with Crippen LogP contribution >= 0.6 is 0 Å². The van der Waals surface area contributed by atoms with E-state index in [4.69, 9.17) is 11.5 Å². The van der Waals surface area contributed by atoms with Crippen LogP contribution in [0.1, 0.15) is 97.5 Å². The number of hydrogen-bond acceptors (Lipinski definition) is 9. The van der Waals surface area contributed by atoms with Crippen LogP contribution in [-0.2, 0) is 35.2 Å². The van der Waals surface area contributed by atoms with Crippen LogP contribution in [0.2, 0.25) is 0 Å². The normalized spacial score (nSPS) is 16.7. The largest absolute Gasteiger partial charge is 0.508 e. The Kier molecular flexibility index (Phi) is 22.0. The van der Waals surface area contributed by atoms with Gasteiger partial charge in [0.2, 0.25) is 29.5 Å². The molecule has 62 heavy (non-hydrogen) atoms. The Morgan fingerprint density at radius 1 is 0.887 bits per heavy atom. The number of nitrogens with two attached hydrogens (primary N) is 2. The highest BCUT2D eigenvalue weighted by Gasteiger charge is 2.40. The predicted molar refractivity (Wildman–Crippen MR) is 235 cm³/mol. The van der Waals surface area contributed by atoms with Gasteiger partial charge in [-0.2, -0.15) is 0 Å². The maximum Gasteiger partial charge on any atom is 0.326 e. The average molecular weight is 872 g/mol. The van der Waals surface area contributed by atoms with Crippen molar-refractivity contribution in [1.82, 2.24) is 26.2 Å². The number of nitrogens with one attached hydrogen (secondary N) is 4. The Morgan fingerprint density at radius 2 is 1.55 bits per heavy atom. The fourth-order valence-corrected chi connectivity index (χ4v) is 7.19. The second kappa shape index (κ2) is 26.0. The molecule has 1 aromatic carbocycles. The number of phenolic OH excluding ortho intramolecular Hbond substituents is 1. The first kappa shape index (κ1) is 52.5. The van der Waals surface area contributed by atoms with E-state index in [-0.39, 0.29) is 62.8 Å². The molecule has 0 aromatic heterocycles. The zero-order chi connectivity index (χ0) is 46.6. The number of aromatic hydroxyl groups is 1. The minimum absolute atomic E-state index is 0.0111. The molecule has 346 valence electrons. The summed E-state index contributed by atoms with van der Waals surface area (Å²) >= 11 is 0. The van der Waals surface area contributed by atoms with E-state index in [0.717, 1.165) is 23.9 Å². The first-order chi connectivity index (χ1) is 29.2. The molecule has 5 amide bonds. The minimum atomic E-state index is -1.27. The number of nitrogens with zero attached hydrogens (tertiary/aromatic N) is 6. The molecular weight excluding hydrogens is 801 g/mol. The number of amides is 5. The maximum absolute atomic E-state index is 14.3. The van der Waals surface area contributed by atoms with Crippen molar-refractivity contribution in [1.29, 1.82) is 0 Å². The van der Waals surface area contributed by atoms with Crippen LogP contribution in [0.4, 0.5) is 0 Å². The minimum Gasteiger partial charge on any atom is -0.508 e. The van der Waals surface area contributed by atoms with E-state index >= 15 is 0 Å². The molecule has 1 unspecified atom stereocenters. The Balaban J connectivity index is 2.38. The Labute approximate surface area is 365 Å². The molecule has 2 rings (SSSR count). The van der Waals surface area contributed by atoms with Gasteiger partial charge >= 0.3 is 5.97 Å². The number of aliphatic imine (C=N–C) groups is 1. The van der Waals surface area contributed by atoms with Crippen molar-refractivity contribution in [3.63, 3.8) is 0 Å². The number of carboxylic acid groups (broad SMARTS) is 1. The van der Waals surface area contributed by atoms with Crippen LogP contribution in [0.15, 0.2) is 34.4 Å². The molecule has 10 N–H and O–H groups in total. The Morgan fingerprint density at radius 3 is 2.13 bits per heavy atom. The topological polar surface area (TPSA) is 307 Å². The molecule has 7 atom stereocenters. The van der Waals surface area contributed by atoms with Gasteiger partial charge in [-0.15, -0.1) is 0 Å². The number of aliphatic carboxylic acids is 1. The molecule has 1 aromatic rings. The second-order valence-corrected chi connectivity index (χ2v) is 17.6. The fraction of sp³-hybridized carbons (Fsp3) is 0.690. The van der Waals surface area contributed by atoms with Gasteiger partial charge in [-0.05, 0) is 86.4 Å². The van der Waals surface area contributed by atoms with Crippen molar-refractivity contribution < 1.29 is 43.5 Å². The number of quaternary nitrogens is 1. The van der Waals surface area contributed by atoms with Crippen molar-refractivity contribution in [3.8, 4) is 5.75 Å². The molecule has 1 heterocycles. The van der Waals surface area contributed by atoms with Gasteiger partial charge < -0.3 is 52.3 Å². The third kappa shape index (κ3) is 18.6. The maximum atomic E-state index is 14.3. The average Bonchev–Trinajstić information content (AvgIpc) is 3.70. The molecule has 1 aliphatic rings. The number of rotatable bonds is 27. The predicted octanol–water partition coefficient (Wildman–Crippen LogP) is 2.04. The van der Waals surface area contributed by atoms with Gasteiger partial charge in [0, 0.05) is 24.4 Å². The number of benzene rings is 1. The van der Waals surface area contributed by atoms with Crippen molar-refractivity contribution in [2.24, 2.45) is 33.4 Å². The van der Waals surface area contributed by atoms with E-state index < -0.39 is 77.7 Å². The first-order valence-corrected chi connectivity index (χ1v) is 21.6. The summed E-state index contributed by atoms with van der Waals surface area (Å²) in [7, 11) is 6.26. The highest BCUT2D eigenvalue weighted by atomic mass is 16.4. The second-order valence-electron chi connectivity index (χ2n) is 17.6. The first-order valence-electron chi connectivity index (χ1n) is 21.6. The van der Waals surface area contributed by atoms with E-state index in [1.165, 1.54) is 17.0 Å². The third-order valence-electron chi connectivity index (χ3n) is 10.8. The van der Waals surface area contributed by atoms with Crippen molar-refractivity contribution in [2.45, 2.75) is 135 Å². The Hall–Kier alpha value is -5.62. The number of carbonyl (C=O) groups excluding carboxylic acids is 5. The van der Waals surface area contributed by atoms with E-state index in [9.17, 15) is 44.5 Å². The number of hydrogen-bond donors (Lipinski definition) is 8. The summed E-state index contributed by atoms with van der Waals surface area (Å²) in [5.74, 6) is -5.04. The van der Waals surface area contributed by atoms with Gasteiger partial charge in [0.1, 0.15) is 42.0 Å². The number of guanidine groups is 1. The molecule has 20 heteroatoms. The molecule has 20 nitrogen and oxygen atoms in total. The third-order valence-corrected chi connectivity index (χ3v) is 10.8. The number of carbonyl (C=O) groups is 6. The van der Waals surface area contributed by atoms with Crippen LogP contribution in [0, 0.1) is 11.8 Å². The van der Waals surface area contributed by atoms with Crippen LogP contribution < -0.4 is 32.7 Å². The molecule has 0 saturated carbocycles. The smallest absolute Gasteiger partial charge is 0.326 e. The molecule has 1 fully saturated rings. The lowest BCUT2D eigenvalue weighted by molar-refractivity contribution is -0.870. The highest BCUT2D eigenvalue weighted by molar-refractivity contribution is 5.97. The molecule has 0 aliphatic carbocycles. The molecule has 0 radical (unpaired) electrons. The monoisotopic (exact) mass is 872 g/mol. The van der Waals surface area contributed by atoms with Gasteiger partial charge in [0.25, 0.3) is 0 Å². The number of unbranched alkanes of at least 4 members (excludes halogenated alkanes) is 2. The highest BCUT2D eigenvalue weighted by Crippen LogP contribution is 2.22. The Bertz CT molecular complexity index is 1720. The summed E-state index contributed by atoms with van der Waals surface area (Å²) in [6.45, 7) is 8.49. The van der Waals surface area contributed by atoms with Crippen LogP contribution in [0.25, 0.3) is 10.4 Å². The number of carboxylic acids is 1. The van der Waals surface area contributed by atoms with Gasteiger partial charge in [0.15, 0.2) is 5.96 Å². The van der Waals surface area contributed by atoms with Crippen molar-refractivity contribution >= 4 is 41.5 Å². The summed E-state index contributed by atoms with van der Waals surface area (Å²) in [5.41, 5.74) is 20.9. The zero-order valence-electron chi connectivity index (χ0n) is 37.5. The molecule has 0 spiro atoms. The summed E-state index contributed by atoms with van der Waals surface area (Å²) in [5, 5.41) is 34.3. The van der Waals surface area contributed by atoms with E-state index in [0.29, 0.717) is 31.2 Å². The standard InChI is InChI=1S/C42H70N12O8/c1-8-27(4)35(39(59)49-33(41(61)62)24-26(2)3)50-37(57)32(25-28-17-19-29(55)20-18-28)48-38(58)34-16-13-22-53(34)40(60)31(15-12-21-46-42(43)44)47-36(56)30(51-52-45)14-10-9-11-23-54(5,6)7/h17-20,26-27,30-35H,8-16,21-25H2,1-7H3,(H9-,43,44,46,47,48,49,50,55,56,57,58,59,61,62)/p+1/t27-,30?,31+,32+,33+,34+,35+/m0/s1. The van der Waals surface area contributed by atoms with Gasteiger partial charge in [-0.3, -0.25) is 29.0 Å². The van der Waals surface area contributed by atoms with E-state index in [1.807, 2.05) is 20.8 Å². The summed E-state index contributed by atoms with van der Waals surface area (Å²) < 4.78 is 0.790. The van der Waals surface area contributed by atoms with Crippen LogP contribution in [0.3, 0.4) is 0 Å². The number of azide groups is 1. The zero-order valence-corrected chi connectivity index (χ0v) is 37.5. The van der Waals surface area contributed by atoms with E-state index in [2.05, 4.69) is 57.4 Å². The molecule has 1 saturated heterocycles. The SMILES string of the molecule is CC[C@H](C)[C@@H](NC(=O)[C@@H](Cc1ccc(O)cc1)NC(=O)[C@H]1CCCN1C(=O)[C@@H](CCCN=C(N)N)NC(=O)C(CCCCC[N+](C)(C)C)N=[N+]=[N-])C(=O)N[C@H](CC(C)C)C(=O)O. The van der Waals surface area contributed by atoms with E-state index in [1.54, 1.807) is 19.1 Å². The fourth-order valence-electron chi connectivity index (χ4n) is 7.19. The van der Waals surface area contributed by atoms with Crippen molar-refractivity contribution in [2.75, 3.05) is 40.8 Å². The van der Waals surface area contributed by atoms with Crippen LogP contribution in [-0.4, -0.2) is 138 Å². The molecule has 1 aliphatic heterocycles. The van der Waals surface area contributed by atoms with Gasteiger partial charge in [-0.25, -0.2) is 4.79 Å². The van der Waals surface area contributed by atoms with Gasteiger partial charge in [-0.1, -0.05) is 57.8 Å². The van der Waals surface area contributed by atoms with Crippen molar-refractivity contribution in [3.05, 3.63) is 40.3 Å². The molecule has 0 bridgehead atoms. The molecular formula is C42H71N12O8+. The summed E-state index contributed by atoms with van der Waals surface area (Å²) in [6, 6.07) is -0.804. The van der Waals surface area contributed by atoms with Crippen LogP contribution in [0.5, 0.6) is 5.75 Å². The van der Waals surface area contributed by atoms with Gasteiger partial charge in [0.05, 0.1) is 27.7 Å². The quantitative estimate of drug-likeness (QED) is 0.0121. The lowest BCUT2D eigenvalue weighted by Gasteiger charge is -2.31. The summed E-state index contributed by atoms with van der Waals surface area (Å²) in [6.07, 6.45) is 4.28. The summed E-state index contributed by atoms with van der Waals surface area (Å²) in [4.78, 5) is 90.0. The number of phenols is 1. The number of likely N-dealkylation sites (tertiary alicyclic amines) is 1.